The highest BCUT2D eigenvalue weighted by Crippen LogP contribution is 2.04. The van der Waals surface area contributed by atoms with Crippen molar-refractivity contribution in [1.82, 2.24) is 4.57 Å². The van der Waals surface area contributed by atoms with Gasteiger partial charge in [-0.3, -0.25) is 0 Å². The Morgan fingerprint density at radius 1 is 1.78 bits per heavy atom. The van der Waals surface area contributed by atoms with Crippen LogP contribution in [-0.4, -0.2) is 4.57 Å². The van der Waals surface area contributed by atoms with Gasteiger partial charge in [0.05, 0.1) is 0 Å². The lowest BCUT2D eigenvalue weighted by Gasteiger charge is -2.03. The van der Waals surface area contributed by atoms with Crippen LogP contribution in [0.5, 0.6) is 0 Å². The van der Waals surface area contributed by atoms with Gasteiger partial charge in [0.2, 0.25) is 0 Å². The zero-order valence-electron chi connectivity index (χ0n) is 5.29. The second-order valence-electron chi connectivity index (χ2n) is 1.99. The molecule has 48 valence electrons. The molecular weight excluding hydrogens is 114 g/mol. The molecule has 1 rings (SSSR count). The second kappa shape index (κ2) is 1.97. The first kappa shape index (κ1) is 5.95. The van der Waals surface area contributed by atoms with E-state index in [1.54, 1.807) is 12.3 Å². The van der Waals surface area contributed by atoms with Crippen LogP contribution >= 0.6 is 0 Å². The second-order valence-corrected chi connectivity index (χ2v) is 1.99. The number of rotatable bonds is 1. The molecule has 0 spiro atoms. The molecular formula is C7H8NO-. The van der Waals surface area contributed by atoms with Crippen LogP contribution in [-0.2, 0) is 7.05 Å². The van der Waals surface area contributed by atoms with E-state index in [2.05, 4.69) is 6.58 Å². The quantitative estimate of drug-likeness (QED) is 0.494. The third-order valence-electron chi connectivity index (χ3n) is 1.15. The van der Waals surface area contributed by atoms with Gasteiger partial charge in [-0.25, -0.2) is 0 Å². The van der Waals surface area contributed by atoms with Gasteiger partial charge in [-0.2, -0.15) is 0 Å². The van der Waals surface area contributed by atoms with E-state index in [0.29, 0.717) is 5.56 Å². The van der Waals surface area contributed by atoms with E-state index in [1.165, 1.54) is 0 Å². The molecule has 0 saturated carbocycles. The molecule has 1 aromatic rings. The van der Waals surface area contributed by atoms with Gasteiger partial charge >= 0.3 is 0 Å². The van der Waals surface area contributed by atoms with Crippen LogP contribution in [0.15, 0.2) is 25.0 Å². The number of aromatic nitrogens is 1. The third-order valence-corrected chi connectivity index (χ3v) is 1.15. The zero-order valence-corrected chi connectivity index (χ0v) is 5.29. The minimum atomic E-state index is -0.129. The van der Waals surface area contributed by atoms with Crippen LogP contribution in [0.1, 0.15) is 5.56 Å². The minimum Gasteiger partial charge on any atom is -0.872 e. The van der Waals surface area contributed by atoms with Crippen LogP contribution in [0.25, 0.3) is 5.76 Å². The average molecular weight is 122 g/mol. The lowest BCUT2D eigenvalue weighted by atomic mass is 10.3. The molecule has 0 fully saturated rings. The standard InChI is InChI=1S/C7H9NO/c1-6(9)7-3-4-8(2)5-7/h3-5,9H,1H2,2H3/p-1. The highest BCUT2D eigenvalue weighted by molar-refractivity contribution is 5.53. The van der Waals surface area contributed by atoms with Crippen LogP contribution in [0.2, 0.25) is 0 Å². The topological polar surface area (TPSA) is 28.0 Å². The summed E-state index contributed by atoms with van der Waals surface area (Å²) in [5.41, 5.74) is 0.664. The number of nitrogens with zero attached hydrogens (tertiary/aromatic N) is 1. The predicted molar refractivity (Wildman–Crippen MR) is 34.4 cm³/mol. The molecule has 0 unspecified atom stereocenters. The van der Waals surface area contributed by atoms with E-state index in [1.807, 2.05) is 17.8 Å². The first-order chi connectivity index (χ1) is 4.20. The smallest absolute Gasteiger partial charge is 0.0106 e. The summed E-state index contributed by atoms with van der Waals surface area (Å²) in [5.74, 6) is -0.129. The molecule has 1 aromatic heterocycles. The van der Waals surface area contributed by atoms with Gasteiger partial charge in [0, 0.05) is 19.4 Å². The van der Waals surface area contributed by atoms with E-state index in [-0.39, 0.29) is 5.76 Å². The van der Waals surface area contributed by atoms with Gasteiger partial charge in [0.1, 0.15) is 0 Å². The maximum atomic E-state index is 10.5. The van der Waals surface area contributed by atoms with E-state index >= 15 is 0 Å². The van der Waals surface area contributed by atoms with Crippen molar-refractivity contribution < 1.29 is 5.11 Å². The number of aryl methyl sites for hydroxylation is 1. The normalized spacial score (nSPS) is 9.44. The molecule has 0 atom stereocenters. The molecule has 0 N–H and O–H groups in total. The monoisotopic (exact) mass is 122 g/mol. The fraction of sp³-hybridized carbons (Fsp3) is 0.143. The van der Waals surface area contributed by atoms with E-state index in [0.717, 1.165) is 0 Å². The lowest BCUT2D eigenvalue weighted by molar-refractivity contribution is -0.243. The minimum absolute atomic E-state index is 0.129. The van der Waals surface area contributed by atoms with Crippen molar-refractivity contribution in [3.63, 3.8) is 0 Å². The summed E-state index contributed by atoms with van der Waals surface area (Å²) in [6, 6.07) is 1.75. The van der Waals surface area contributed by atoms with Crippen molar-refractivity contribution in [3.8, 4) is 0 Å². The van der Waals surface area contributed by atoms with E-state index in [9.17, 15) is 5.11 Å². The summed E-state index contributed by atoms with van der Waals surface area (Å²) >= 11 is 0. The van der Waals surface area contributed by atoms with Crippen molar-refractivity contribution >= 4 is 5.76 Å². The molecule has 0 aliphatic rings. The fourth-order valence-electron chi connectivity index (χ4n) is 0.668. The van der Waals surface area contributed by atoms with Gasteiger partial charge in [0.15, 0.2) is 0 Å². The maximum absolute atomic E-state index is 10.5. The molecule has 0 aliphatic heterocycles. The maximum Gasteiger partial charge on any atom is 0.0106 e. The molecule has 1 heterocycles. The Hall–Kier alpha value is -1.18. The van der Waals surface area contributed by atoms with Crippen molar-refractivity contribution in [2.45, 2.75) is 0 Å². The molecule has 2 nitrogen and oxygen atoms in total. The van der Waals surface area contributed by atoms with Crippen LogP contribution < -0.4 is 5.11 Å². The Balaban J connectivity index is 2.98. The van der Waals surface area contributed by atoms with Gasteiger partial charge in [-0.05, 0) is 11.6 Å². The molecule has 0 aliphatic carbocycles. The van der Waals surface area contributed by atoms with E-state index in [4.69, 9.17) is 0 Å². The largest absolute Gasteiger partial charge is 0.872 e. The fourth-order valence-corrected chi connectivity index (χ4v) is 0.668. The van der Waals surface area contributed by atoms with Crippen molar-refractivity contribution in [1.29, 1.82) is 0 Å². The summed E-state index contributed by atoms with van der Waals surface area (Å²) in [6.45, 7) is 3.27. The third kappa shape index (κ3) is 1.13. The van der Waals surface area contributed by atoms with Gasteiger partial charge in [-0.15, -0.1) is 12.3 Å². The predicted octanol–water partition coefficient (Wildman–Crippen LogP) is 0.356. The Kier molecular flexibility index (Phi) is 1.30. The van der Waals surface area contributed by atoms with Crippen molar-refractivity contribution in [3.05, 3.63) is 30.6 Å². The van der Waals surface area contributed by atoms with Crippen molar-refractivity contribution in [2.75, 3.05) is 0 Å². The summed E-state index contributed by atoms with van der Waals surface area (Å²) < 4.78 is 1.82. The molecule has 2 heteroatoms. The summed E-state index contributed by atoms with van der Waals surface area (Å²) in [7, 11) is 1.87. The van der Waals surface area contributed by atoms with Crippen LogP contribution in [0.4, 0.5) is 0 Å². The Bertz CT molecular complexity index is 225. The lowest BCUT2D eigenvalue weighted by Crippen LogP contribution is -1.97. The summed E-state index contributed by atoms with van der Waals surface area (Å²) in [5, 5.41) is 10.5. The molecule has 0 saturated heterocycles. The van der Waals surface area contributed by atoms with Crippen LogP contribution in [0, 0.1) is 0 Å². The Labute approximate surface area is 54.0 Å². The van der Waals surface area contributed by atoms with Gasteiger partial charge in [0.25, 0.3) is 0 Å². The Morgan fingerprint density at radius 3 is 2.67 bits per heavy atom. The summed E-state index contributed by atoms with van der Waals surface area (Å²) in [6.07, 6.45) is 3.56. The Morgan fingerprint density at radius 2 is 2.44 bits per heavy atom. The highest BCUT2D eigenvalue weighted by Gasteiger charge is 1.87. The molecule has 0 aromatic carbocycles. The SMILES string of the molecule is C=C([O-])c1ccn(C)c1. The number of hydrogen-bond acceptors (Lipinski definition) is 1. The van der Waals surface area contributed by atoms with Crippen LogP contribution in [0.3, 0.4) is 0 Å². The molecule has 0 bridgehead atoms. The summed E-state index contributed by atoms with van der Waals surface area (Å²) in [4.78, 5) is 0. The zero-order chi connectivity index (χ0) is 6.85. The average Bonchev–Trinajstić information content (AvgIpc) is 2.14. The molecule has 0 amide bonds. The molecule has 9 heavy (non-hydrogen) atoms. The van der Waals surface area contributed by atoms with Gasteiger partial charge < -0.3 is 9.67 Å². The number of hydrogen-bond donors (Lipinski definition) is 0. The van der Waals surface area contributed by atoms with Gasteiger partial charge in [-0.1, -0.05) is 0 Å². The first-order valence-electron chi connectivity index (χ1n) is 2.68. The highest BCUT2D eigenvalue weighted by atomic mass is 16.3. The first-order valence-corrected chi connectivity index (χ1v) is 2.68. The van der Waals surface area contributed by atoms with E-state index < -0.39 is 0 Å². The van der Waals surface area contributed by atoms with Crippen molar-refractivity contribution in [2.24, 2.45) is 7.05 Å². The molecule has 0 radical (unpaired) electrons.